The van der Waals surface area contributed by atoms with Crippen molar-refractivity contribution in [1.29, 1.82) is 0 Å². The van der Waals surface area contributed by atoms with Gasteiger partial charge in [0.2, 0.25) is 0 Å². The number of anilines is 1. The molecule has 0 fully saturated rings. The molecule has 4 heteroatoms. The summed E-state index contributed by atoms with van der Waals surface area (Å²) in [5.74, 6) is 0.0351. The maximum absolute atomic E-state index is 13.2. The summed E-state index contributed by atoms with van der Waals surface area (Å²) in [5, 5.41) is 3.57. The largest absolute Gasteiger partial charge is 0.379 e. The SMILES string of the molecule is O=C(c1ccccc1)N1CCC(Nc2ccccc2)C=C1c1ccc(Br)cc1. The predicted molar refractivity (Wildman–Crippen MR) is 118 cm³/mol. The Morgan fingerprint density at radius 1 is 0.893 bits per heavy atom. The number of para-hydroxylation sites is 1. The van der Waals surface area contributed by atoms with Crippen molar-refractivity contribution in [2.45, 2.75) is 12.5 Å². The normalized spacial score (nSPS) is 16.4. The van der Waals surface area contributed by atoms with Crippen LogP contribution in [0.5, 0.6) is 0 Å². The molecule has 0 saturated carbocycles. The van der Waals surface area contributed by atoms with E-state index in [0.717, 1.165) is 27.8 Å². The molecule has 1 aliphatic heterocycles. The molecule has 0 spiro atoms. The van der Waals surface area contributed by atoms with E-state index in [1.54, 1.807) is 0 Å². The van der Waals surface area contributed by atoms with Gasteiger partial charge in [-0.15, -0.1) is 0 Å². The number of amides is 1. The number of carbonyl (C=O) groups is 1. The van der Waals surface area contributed by atoms with Gasteiger partial charge in [0.15, 0.2) is 0 Å². The van der Waals surface area contributed by atoms with Crippen LogP contribution in [0.1, 0.15) is 22.3 Å². The molecule has 3 nitrogen and oxygen atoms in total. The number of carbonyl (C=O) groups excluding carboxylic acids is 1. The summed E-state index contributed by atoms with van der Waals surface area (Å²) >= 11 is 3.49. The lowest BCUT2D eigenvalue weighted by Crippen LogP contribution is -2.38. The van der Waals surface area contributed by atoms with E-state index in [1.165, 1.54) is 0 Å². The van der Waals surface area contributed by atoms with Gasteiger partial charge in [0.25, 0.3) is 5.91 Å². The molecule has 140 valence electrons. The highest BCUT2D eigenvalue weighted by molar-refractivity contribution is 9.10. The first-order valence-electron chi connectivity index (χ1n) is 9.37. The number of benzene rings is 3. The van der Waals surface area contributed by atoms with Crippen LogP contribution in [0.4, 0.5) is 5.69 Å². The lowest BCUT2D eigenvalue weighted by atomic mass is 10.00. The summed E-state index contributed by atoms with van der Waals surface area (Å²) in [5.41, 5.74) is 3.77. The van der Waals surface area contributed by atoms with E-state index in [-0.39, 0.29) is 11.9 Å². The molecule has 0 radical (unpaired) electrons. The van der Waals surface area contributed by atoms with E-state index in [9.17, 15) is 4.79 Å². The third kappa shape index (κ3) is 4.18. The molecule has 1 N–H and O–H groups in total. The van der Waals surface area contributed by atoms with Crippen LogP contribution in [0.25, 0.3) is 5.70 Å². The van der Waals surface area contributed by atoms with Gasteiger partial charge in [-0.3, -0.25) is 4.79 Å². The van der Waals surface area contributed by atoms with Crippen molar-refractivity contribution < 1.29 is 4.79 Å². The van der Waals surface area contributed by atoms with E-state index < -0.39 is 0 Å². The number of halogens is 1. The predicted octanol–water partition coefficient (Wildman–Crippen LogP) is 5.82. The third-order valence-electron chi connectivity index (χ3n) is 4.85. The summed E-state index contributed by atoms with van der Waals surface area (Å²) in [6.45, 7) is 0.667. The van der Waals surface area contributed by atoms with Crippen LogP contribution in [-0.2, 0) is 0 Å². The maximum Gasteiger partial charge on any atom is 0.258 e. The van der Waals surface area contributed by atoms with Gasteiger partial charge < -0.3 is 10.2 Å². The van der Waals surface area contributed by atoms with E-state index >= 15 is 0 Å². The second-order valence-electron chi connectivity index (χ2n) is 6.79. The van der Waals surface area contributed by atoms with Crippen molar-refractivity contribution in [3.63, 3.8) is 0 Å². The Kier molecular flexibility index (Phi) is 5.58. The Bertz CT molecular complexity index is 969. The second kappa shape index (κ2) is 8.44. The lowest BCUT2D eigenvalue weighted by Gasteiger charge is -2.33. The zero-order valence-electron chi connectivity index (χ0n) is 15.4. The van der Waals surface area contributed by atoms with Crippen LogP contribution >= 0.6 is 15.9 Å². The Hall–Kier alpha value is -2.85. The fourth-order valence-corrected chi connectivity index (χ4v) is 3.70. The Labute approximate surface area is 173 Å². The van der Waals surface area contributed by atoms with Crippen molar-refractivity contribution in [2.75, 3.05) is 11.9 Å². The fourth-order valence-electron chi connectivity index (χ4n) is 3.44. The number of hydrogen-bond donors (Lipinski definition) is 1. The standard InChI is InChI=1S/C24H21BrN2O/c25-20-13-11-18(12-14-20)23-17-22(26-21-9-5-2-6-10-21)15-16-27(23)24(28)19-7-3-1-4-8-19/h1-14,17,22,26H,15-16H2. The summed E-state index contributed by atoms with van der Waals surface area (Å²) < 4.78 is 1.02. The highest BCUT2D eigenvalue weighted by Crippen LogP contribution is 2.29. The highest BCUT2D eigenvalue weighted by atomic mass is 79.9. The maximum atomic E-state index is 13.2. The molecule has 0 aromatic heterocycles. The van der Waals surface area contributed by atoms with Crippen LogP contribution in [0.2, 0.25) is 0 Å². The molecule has 28 heavy (non-hydrogen) atoms. The molecule has 0 saturated heterocycles. The Balaban J connectivity index is 1.67. The quantitative estimate of drug-likeness (QED) is 0.563. The van der Waals surface area contributed by atoms with Gasteiger partial charge in [-0.25, -0.2) is 0 Å². The minimum Gasteiger partial charge on any atom is -0.379 e. The van der Waals surface area contributed by atoms with Gasteiger partial charge in [0, 0.05) is 34.0 Å². The van der Waals surface area contributed by atoms with Crippen LogP contribution < -0.4 is 5.32 Å². The summed E-state index contributed by atoms with van der Waals surface area (Å²) in [6, 6.07) is 27.9. The van der Waals surface area contributed by atoms with Crippen molar-refractivity contribution in [1.82, 2.24) is 4.90 Å². The molecule has 3 aromatic carbocycles. The van der Waals surface area contributed by atoms with E-state index in [4.69, 9.17) is 0 Å². The molecule has 1 unspecified atom stereocenters. The van der Waals surface area contributed by atoms with Crippen molar-refractivity contribution in [3.05, 3.63) is 107 Å². The Morgan fingerprint density at radius 3 is 2.21 bits per heavy atom. The first-order valence-corrected chi connectivity index (χ1v) is 10.2. The molecule has 1 amide bonds. The van der Waals surface area contributed by atoms with E-state index in [0.29, 0.717) is 12.1 Å². The third-order valence-corrected chi connectivity index (χ3v) is 5.37. The molecule has 1 aliphatic rings. The molecular weight excluding hydrogens is 412 g/mol. The Morgan fingerprint density at radius 2 is 1.54 bits per heavy atom. The van der Waals surface area contributed by atoms with E-state index in [2.05, 4.69) is 39.5 Å². The van der Waals surface area contributed by atoms with Gasteiger partial charge in [-0.1, -0.05) is 64.5 Å². The molecule has 1 heterocycles. The first-order chi connectivity index (χ1) is 13.7. The molecule has 3 aromatic rings. The average Bonchev–Trinajstić information content (AvgIpc) is 2.75. The second-order valence-corrected chi connectivity index (χ2v) is 7.70. The number of rotatable bonds is 4. The monoisotopic (exact) mass is 432 g/mol. The first kappa shape index (κ1) is 18.5. The topological polar surface area (TPSA) is 32.3 Å². The minimum atomic E-state index is 0.0351. The molecule has 0 bridgehead atoms. The van der Waals surface area contributed by atoms with Gasteiger partial charge in [-0.05, 0) is 54.5 Å². The zero-order valence-corrected chi connectivity index (χ0v) is 17.0. The molecular formula is C24H21BrN2O. The fraction of sp³-hybridized carbons (Fsp3) is 0.125. The molecule has 0 aliphatic carbocycles. The lowest BCUT2D eigenvalue weighted by molar-refractivity contribution is 0.0829. The number of nitrogens with one attached hydrogen (secondary N) is 1. The van der Waals surface area contributed by atoms with Crippen LogP contribution in [0.3, 0.4) is 0 Å². The van der Waals surface area contributed by atoms with Gasteiger partial charge in [-0.2, -0.15) is 0 Å². The summed E-state index contributed by atoms with van der Waals surface area (Å²) in [7, 11) is 0. The van der Waals surface area contributed by atoms with Crippen LogP contribution in [0.15, 0.2) is 95.5 Å². The zero-order chi connectivity index (χ0) is 19.3. The van der Waals surface area contributed by atoms with Crippen molar-refractivity contribution in [2.24, 2.45) is 0 Å². The molecule has 4 rings (SSSR count). The smallest absolute Gasteiger partial charge is 0.258 e. The van der Waals surface area contributed by atoms with Gasteiger partial charge in [0.05, 0.1) is 0 Å². The summed E-state index contributed by atoms with van der Waals surface area (Å²) in [4.78, 5) is 15.1. The van der Waals surface area contributed by atoms with Crippen molar-refractivity contribution >= 4 is 33.2 Å². The van der Waals surface area contributed by atoms with Crippen molar-refractivity contribution in [3.8, 4) is 0 Å². The van der Waals surface area contributed by atoms with Gasteiger partial charge >= 0.3 is 0 Å². The summed E-state index contributed by atoms with van der Waals surface area (Å²) in [6.07, 6.45) is 3.02. The highest BCUT2D eigenvalue weighted by Gasteiger charge is 2.26. The van der Waals surface area contributed by atoms with Crippen LogP contribution in [-0.4, -0.2) is 23.4 Å². The van der Waals surface area contributed by atoms with Gasteiger partial charge in [0.1, 0.15) is 0 Å². The van der Waals surface area contributed by atoms with Crippen LogP contribution in [0, 0.1) is 0 Å². The minimum absolute atomic E-state index is 0.0351. The number of hydrogen-bond acceptors (Lipinski definition) is 2. The van der Waals surface area contributed by atoms with E-state index in [1.807, 2.05) is 77.7 Å². The average molecular weight is 433 g/mol. The number of nitrogens with zero attached hydrogens (tertiary/aromatic N) is 1. The molecule has 1 atom stereocenters.